The zero-order valence-corrected chi connectivity index (χ0v) is 45.3. The van der Waals surface area contributed by atoms with Crippen LogP contribution in [0.25, 0.3) is 0 Å². The lowest BCUT2D eigenvalue weighted by molar-refractivity contribution is 0.0794. The lowest BCUT2D eigenvalue weighted by atomic mass is 10.4. The van der Waals surface area contributed by atoms with Crippen LogP contribution in [0, 0.1) is 0 Å². The van der Waals surface area contributed by atoms with Crippen LogP contribution in [0.2, 0.25) is 52.4 Å². The molecule has 60 heavy (non-hydrogen) atoms. The van der Waals surface area contributed by atoms with E-state index in [-0.39, 0.29) is 0 Å². The normalized spacial score (nSPS) is 24.5. The van der Waals surface area contributed by atoms with E-state index in [1.807, 2.05) is 201 Å². The van der Waals surface area contributed by atoms with Gasteiger partial charge in [0.1, 0.15) is 0 Å². The number of benzene rings is 4. The van der Waals surface area contributed by atoms with E-state index < -0.39 is 69.5 Å². The van der Waals surface area contributed by atoms with Crippen molar-refractivity contribution < 1.29 is 50.6 Å². The van der Waals surface area contributed by atoms with Gasteiger partial charge in [-0.3, -0.25) is 0 Å². The molecule has 4 aromatic carbocycles. The summed E-state index contributed by atoms with van der Waals surface area (Å²) in [5.74, 6) is 0. The first-order valence-corrected chi connectivity index (χ1v) is 38.9. The van der Waals surface area contributed by atoms with Crippen LogP contribution in [0.3, 0.4) is 0 Å². The molecule has 0 saturated carbocycles. The maximum absolute atomic E-state index is 7.98. The van der Waals surface area contributed by atoms with Gasteiger partial charge in [-0.05, 0) is 80.1 Å². The SMILES string of the molecule is CCO[Si](C)(C)O[Si]1(c2ccccc2)O[Si](O[Si](C)(C)OCC)(c2ccccc2)O[Si](O[Si](C)(C)OCC)(c2ccccc2)O[Si](O[Si](C)(C)OCC)(c2ccccc2)O1. The van der Waals surface area contributed by atoms with Gasteiger partial charge >= 0.3 is 69.5 Å². The van der Waals surface area contributed by atoms with E-state index in [1.54, 1.807) is 0 Å². The van der Waals surface area contributed by atoms with E-state index in [1.165, 1.54) is 0 Å². The molecule has 20 heteroatoms. The van der Waals surface area contributed by atoms with Gasteiger partial charge in [-0.15, -0.1) is 0 Å². The lowest BCUT2D eigenvalue weighted by Crippen LogP contribution is -2.85. The van der Waals surface area contributed by atoms with Gasteiger partial charge in [0.2, 0.25) is 0 Å². The van der Waals surface area contributed by atoms with Crippen LogP contribution in [0.5, 0.6) is 0 Å². The van der Waals surface area contributed by atoms with Gasteiger partial charge in [0.05, 0.1) is 0 Å². The first-order chi connectivity index (χ1) is 28.3. The van der Waals surface area contributed by atoms with Crippen LogP contribution in [-0.4, -0.2) is 95.9 Å². The Morgan fingerprint density at radius 2 is 0.483 bits per heavy atom. The highest BCUT2D eigenvalue weighted by Crippen LogP contribution is 2.38. The van der Waals surface area contributed by atoms with Gasteiger partial charge < -0.3 is 50.6 Å². The number of hydrogen-bond acceptors (Lipinski definition) is 12. The summed E-state index contributed by atoms with van der Waals surface area (Å²) in [6.07, 6.45) is 0. The first-order valence-electron chi connectivity index (χ1n) is 20.7. The zero-order valence-electron chi connectivity index (χ0n) is 37.3. The molecule has 1 aliphatic heterocycles. The molecule has 328 valence electrons. The fourth-order valence-corrected chi connectivity index (χ4v) is 41.3. The minimum Gasteiger partial charge on any atom is -0.395 e. The molecular formula is C40H64O12Si8. The lowest BCUT2D eigenvalue weighted by Gasteiger charge is -2.53. The van der Waals surface area contributed by atoms with Gasteiger partial charge in [0, 0.05) is 47.2 Å². The van der Waals surface area contributed by atoms with E-state index in [4.69, 9.17) is 50.6 Å². The molecule has 0 atom stereocenters. The Hall–Kier alpha value is -1.86. The Labute approximate surface area is 366 Å². The quantitative estimate of drug-likeness (QED) is 0.0907. The molecule has 1 heterocycles. The van der Waals surface area contributed by atoms with Crippen LogP contribution in [0.1, 0.15) is 27.7 Å². The maximum atomic E-state index is 7.98. The van der Waals surface area contributed by atoms with Gasteiger partial charge in [-0.2, -0.15) is 0 Å². The molecule has 0 spiro atoms. The highest BCUT2D eigenvalue weighted by atomic mass is 28.6. The summed E-state index contributed by atoms with van der Waals surface area (Å²) in [6.45, 7) is 25.3. The second-order valence-electron chi connectivity index (χ2n) is 15.8. The molecule has 0 unspecified atom stereocenters. The largest absolute Gasteiger partial charge is 0.514 e. The van der Waals surface area contributed by atoms with Crippen molar-refractivity contribution in [1.29, 1.82) is 0 Å². The molecule has 0 radical (unpaired) electrons. The molecule has 1 aliphatic rings. The molecule has 1 fully saturated rings. The fraction of sp³-hybridized carbons (Fsp3) is 0.400. The van der Waals surface area contributed by atoms with Crippen molar-refractivity contribution >= 4 is 90.2 Å². The number of hydrogen-bond donors (Lipinski definition) is 0. The average Bonchev–Trinajstić information content (AvgIpc) is 3.17. The predicted molar refractivity (Wildman–Crippen MR) is 252 cm³/mol. The number of rotatable bonds is 20. The van der Waals surface area contributed by atoms with E-state index >= 15 is 0 Å². The summed E-state index contributed by atoms with van der Waals surface area (Å²) in [7, 11) is -30.6. The first kappa shape index (κ1) is 49.2. The van der Waals surface area contributed by atoms with Crippen LogP contribution >= 0.6 is 0 Å². The molecule has 1 saturated heterocycles. The summed E-state index contributed by atoms with van der Waals surface area (Å²) < 4.78 is 87.9. The van der Waals surface area contributed by atoms with Gasteiger partial charge in [0.25, 0.3) is 0 Å². The Kier molecular flexibility index (Phi) is 16.6. The molecular weight excluding hydrogens is 897 g/mol. The van der Waals surface area contributed by atoms with E-state index in [0.717, 1.165) is 0 Å². The molecule has 0 N–H and O–H groups in total. The minimum atomic E-state index is -4.49. The minimum absolute atomic E-state index is 0.407. The van der Waals surface area contributed by atoms with Crippen molar-refractivity contribution in [1.82, 2.24) is 0 Å². The fourth-order valence-electron chi connectivity index (χ4n) is 7.04. The third-order valence-corrected chi connectivity index (χ3v) is 37.9. The highest BCUT2D eigenvalue weighted by Gasteiger charge is 2.74. The van der Waals surface area contributed by atoms with Crippen LogP contribution in [-0.2, 0) is 50.6 Å². The van der Waals surface area contributed by atoms with Crippen molar-refractivity contribution in [2.75, 3.05) is 26.4 Å². The summed E-state index contributed by atoms with van der Waals surface area (Å²) in [5.41, 5.74) is 0. The van der Waals surface area contributed by atoms with Gasteiger partial charge in [-0.25, -0.2) is 0 Å². The highest BCUT2D eigenvalue weighted by molar-refractivity contribution is 7.05. The molecule has 5 rings (SSSR count). The average molecular weight is 962 g/mol. The van der Waals surface area contributed by atoms with E-state index in [0.29, 0.717) is 47.2 Å². The molecule has 4 aromatic rings. The Balaban J connectivity index is 2.04. The van der Waals surface area contributed by atoms with Crippen molar-refractivity contribution in [2.24, 2.45) is 0 Å². The summed E-state index contributed by atoms with van der Waals surface area (Å²) in [5, 5.41) is 2.60. The summed E-state index contributed by atoms with van der Waals surface area (Å²) in [4.78, 5) is 0. The molecule has 0 aromatic heterocycles. The van der Waals surface area contributed by atoms with Crippen molar-refractivity contribution in [3.05, 3.63) is 121 Å². The summed E-state index contributed by atoms with van der Waals surface area (Å²) >= 11 is 0. The van der Waals surface area contributed by atoms with E-state index in [9.17, 15) is 0 Å². The third kappa shape index (κ3) is 12.2. The van der Waals surface area contributed by atoms with Crippen LogP contribution in [0.4, 0.5) is 0 Å². The van der Waals surface area contributed by atoms with E-state index in [2.05, 4.69) is 0 Å². The topological polar surface area (TPSA) is 111 Å². The molecule has 0 amide bonds. The molecule has 0 bridgehead atoms. The summed E-state index contributed by atoms with van der Waals surface area (Å²) in [6, 6.07) is 39.0. The predicted octanol–water partition coefficient (Wildman–Crippen LogP) is 6.47. The molecule has 0 aliphatic carbocycles. The Morgan fingerprint density at radius 1 is 0.317 bits per heavy atom. The van der Waals surface area contributed by atoms with Crippen LogP contribution in [0.15, 0.2) is 121 Å². The zero-order chi connectivity index (χ0) is 43.8. The second kappa shape index (κ2) is 20.3. The van der Waals surface area contributed by atoms with Gasteiger partial charge in [0.15, 0.2) is 0 Å². The Morgan fingerprint density at radius 3 is 0.633 bits per heavy atom. The second-order valence-corrected chi connectivity index (χ2v) is 41.5. The molecule has 12 nitrogen and oxygen atoms in total. The van der Waals surface area contributed by atoms with Crippen molar-refractivity contribution in [3.8, 4) is 0 Å². The third-order valence-electron chi connectivity index (χ3n) is 9.07. The van der Waals surface area contributed by atoms with Crippen molar-refractivity contribution in [2.45, 2.75) is 80.1 Å². The van der Waals surface area contributed by atoms with Crippen molar-refractivity contribution in [3.63, 3.8) is 0 Å². The van der Waals surface area contributed by atoms with Gasteiger partial charge in [-0.1, -0.05) is 121 Å². The Bertz CT molecular complexity index is 1630. The smallest absolute Gasteiger partial charge is 0.395 e. The standard InChI is InChI=1S/C40H64O12Si8/c1-13-41-53(5,6)45-57(37-29-21-17-22-30-37)49-58(38-31-23-18-24-32-38,46-54(7,8)42-14-2)51-60(40-35-27-20-28-36-40,48-56(11,12)44-16-4)52-59(50-57,39-33-25-19-26-34-39)47-55(9,10)43-15-3/h17-36H,13-16H2,1-12H3. The maximum Gasteiger partial charge on any atom is 0.514 e. The van der Waals surface area contributed by atoms with Crippen LogP contribution < -0.4 is 20.7 Å². The monoisotopic (exact) mass is 960 g/mol.